The van der Waals surface area contributed by atoms with Crippen molar-refractivity contribution in [3.8, 4) is 5.75 Å². The first-order valence-electron chi connectivity index (χ1n) is 17.8. The van der Waals surface area contributed by atoms with Crippen molar-refractivity contribution in [2.24, 2.45) is 5.41 Å². The molecule has 1 saturated heterocycles. The van der Waals surface area contributed by atoms with Crippen LogP contribution in [0.2, 0.25) is 5.15 Å². The van der Waals surface area contributed by atoms with Crippen LogP contribution in [0.3, 0.4) is 0 Å². The summed E-state index contributed by atoms with van der Waals surface area (Å²) in [6, 6.07) is 3.18. The third-order valence-corrected chi connectivity index (χ3v) is 12.3. The first kappa shape index (κ1) is 42.2. The molecule has 292 valence electrons. The van der Waals surface area contributed by atoms with Crippen molar-refractivity contribution in [2.45, 2.75) is 127 Å². The number of carbonyl (C=O) groups is 4. The second-order valence-electron chi connectivity index (χ2n) is 15.9. The summed E-state index contributed by atoms with van der Waals surface area (Å²) in [5, 5.41) is 6.74. The van der Waals surface area contributed by atoms with Crippen molar-refractivity contribution in [3.05, 3.63) is 42.2 Å². The van der Waals surface area contributed by atoms with E-state index in [2.05, 4.69) is 33.8 Å². The highest BCUT2D eigenvalue weighted by Gasteiger charge is 2.49. The van der Waals surface area contributed by atoms with E-state index in [4.69, 9.17) is 21.1 Å². The van der Waals surface area contributed by atoms with Crippen LogP contribution in [0.25, 0.3) is 10.8 Å². The van der Waals surface area contributed by atoms with Gasteiger partial charge in [-0.25, -0.2) is 18.2 Å². The molecule has 3 N–H and O–H groups in total. The zero-order chi connectivity index (χ0) is 39.5. The number of sulfonamides is 1. The smallest absolute Gasteiger partial charge is 0.408 e. The molecule has 53 heavy (non-hydrogen) atoms. The number of hydrogen-bond acceptors (Lipinski definition) is 10. The van der Waals surface area contributed by atoms with Gasteiger partial charge in [0.1, 0.15) is 40.2 Å². The van der Waals surface area contributed by atoms with E-state index < -0.39 is 73.8 Å². The molecule has 1 aliphatic heterocycles. The Kier molecular flexibility index (Phi) is 13.1. The maximum absolute atomic E-state index is 14.5. The summed E-state index contributed by atoms with van der Waals surface area (Å²) < 4.78 is 39.6. The fraction of sp³-hybridized carbons (Fsp3) is 0.595. The first-order chi connectivity index (χ1) is 24.6. The third-order valence-electron chi connectivity index (χ3n) is 8.83. The average Bonchev–Trinajstić information content (AvgIpc) is 3.82. The van der Waals surface area contributed by atoms with E-state index in [-0.39, 0.29) is 19.4 Å². The third kappa shape index (κ3) is 10.6. The van der Waals surface area contributed by atoms with Crippen LogP contribution in [0.4, 0.5) is 4.79 Å². The van der Waals surface area contributed by atoms with Crippen LogP contribution in [0, 0.1) is 5.41 Å². The number of pyridine rings is 1. The molecule has 2 heterocycles. The van der Waals surface area contributed by atoms with Crippen LogP contribution >= 0.6 is 23.4 Å². The summed E-state index contributed by atoms with van der Waals surface area (Å²) in [6.07, 6.45) is 3.25. The lowest BCUT2D eigenvalue weighted by atomic mass is 9.85. The van der Waals surface area contributed by atoms with E-state index >= 15 is 0 Å². The van der Waals surface area contributed by atoms with Crippen LogP contribution in [-0.4, -0.2) is 89.0 Å². The molecule has 4 atom stereocenters. The second kappa shape index (κ2) is 16.4. The van der Waals surface area contributed by atoms with Gasteiger partial charge in [0.2, 0.25) is 21.8 Å². The number of aromatic nitrogens is 1. The number of rotatable bonds is 14. The largest absolute Gasteiger partial charge is 0.487 e. The van der Waals surface area contributed by atoms with Gasteiger partial charge in [-0.1, -0.05) is 45.4 Å². The van der Waals surface area contributed by atoms with Gasteiger partial charge in [-0.2, -0.15) is 0 Å². The van der Waals surface area contributed by atoms with Gasteiger partial charge in [0.05, 0.1) is 16.7 Å². The number of benzene rings is 1. The van der Waals surface area contributed by atoms with E-state index in [1.807, 2.05) is 12.1 Å². The fourth-order valence-corrected chi connectivity index (χ4v) is 8.59. The Morgan fingerprint density at radius 1 is 1.09 bits per heavy atom. The molecule has 0 unspecified atom stereocenters. The quantitative estimate of drug-likeness (QED) is 0.122. The average molecular weight is 794 g/mol. The van der Waals surface area contributed by atoms with Gasteiger partial charge < -0.3 is 25.0 Å². The fourth-order valence-electron chi connectivity index (χ4n) is 5.96. The van der Waals surface area contributed by atoms with Crippen molar-refractivity contribution in [2.75, 3.05) is 12.3 Å². The Morgan fingerprint density at radius 3 is 2.36 bits per heavy atom. The minimum absolute atomic E-state index is 0.0278. The van der Waals surface area contributed by atoms with Crippen molar-refractivity contribution >= 4 is 68.0 Å². The lowest BCUT2D eigenvalue weighted by Gasteiger charge is -2.36. The van der Waals surface area contributed by atoms with Crippen molar-refractivity contribution < 1.29 is 37.1 Å². The number of amides is 4. The molecule has 2 aliphatic rings. The molecule has 1 aliphatic carbocycles. The maximum atomic E-state index is 14.5. The number of halogens is 1. The number of fused-ring (bicyclic) bond motifs is 1. The lowest BCUT2D eigenvalue weighted by molar-refractivity contribution is -0.143. The molecule has 1 aromatic heterocycles. The molecule has 1 aromatic carbocycles. The monoisotopic (exact) mass is 793 g/mol. The van der Waals surface area contributed by atoms with Gasteiger partial charge >= 0.3 is 6.09 Å². The number of thioether (sulfide) groups is 1. The van der Waals surface area contributed by atoms with Gasteiger partial charge in [-0.15, -0.1) is 18.3 Å². The number of carbonyl (C=O) groups excluding carboxylic acids is 4. The Bertz CT molecular complexity index is 1840. The molecular weight excluding hydrogens is 742 g/mol. The van der Waals surface area contributed by atoms with Crippen LogP contribution in [-0.2, 0) is 29.1 Å². The molecule has 2 fully saturated rings. The number of ether oxygens (including phenoxy) is 2. The molecule has 1 saturated carbocycles. The van der Waals surface area contributed by atoms with E-state index in [0.717, 1.165) is 27.8 Å². The maximum Gasteiger partial charge on any atom is 0.408 e. The molecule has 2 aromatic rings. The van der Waals surface area contributed by atoms with E-state index in [1.165, 1.54) is 17.9 Å². The highest BCUT2D eigenvalue weighted by molar-refractivity contribution is 7.99. The molecule has 4 rings (SSSR count). The number of hydrogen-bond donors (Lipinski definition) is 3. The summed E-state index contributed by atoms with van der Waals surface area (Å²) >= 11 is 8.02. The normalized spacial score (nSPS) is 19.5. The van der Waals surface area contributed by atoms with E-state index in [9.17, 15) is 27.6 Å². The molecule has 13 nitrogen and oxygen atoms in total. The first-order valence-corrected chi connectivity index (χ1v) is 20.7. The Labute approximate surface area is 321 Å². The highest BCUT2D eigenvalue weighted by Crippen LogP contribution is 2.40. The minimum Gasteiger partial charge on any atom is -0.487 e. The number of likely N-dealkylation sites (tertiary alicyclic amines) is 1. The lowest BCUT2D eigenvalue weighted by Crippen LogP contribution is -2.62. The Hall–Kier alpha value is -3.56. The number of nitrogens with zero attached hydrogens (tertiary/aromatic N) is 2. The zero-order valence-corrected chi connectivity index (χ0v) is 34.1. The predicted molar refractivity (Wildman–Crippen MR) is 206 cm³/mol. The van der Waals surface area contributed by atoms with Gasteiger partial charge in [0, 0.05) is 23.4 Å². The summed E-state index contributed by atoms with van der Waals surface area (Å²) in [4.78, 5) is 61.7. The summed E-state index contributed by atoms with van der Waals surface area (Å²) in [6.45, 7) is 17.6. The molecule has 0 spiro atoms. The summed E-state index contributed by atoms with van der Waals surface area (Å²) in [7, 11) is -3.93. The van der Waals surface area contributed by atoms with Gasteiger partial charge in [-0.05, 0) is 82.7 Å². The van der Waals surface area contributed by atoms with Crippen LogP contribution in [0.15, 0.2) is 41.9 Å². The van der Waals surface area contributed by atoms with Crippen LogP contribution < -0.4 is 20.1 Å². The predicted octanol–water partition coefficient (Wildman–Crippen LogP) is 5.74. The SMILES string of the molecule is C=CC[C@](C)(NC(=O)[C@H]1C[C@@H](Oc2ccc3c(Cl)nccc3c2SCCC)CN1C(=O)[C@@H](NC(=O)OC(C)(C)C)C(C)(C)C)C(=O)NS(=O)(=O)C1CC1. The van der Waals surface area contributed by atoms with Crippen molar-refractivity contribution in [1.82, 2.24) is 25.2 Å². The standard InChI is InChI=1S/C37H52ClN5O8S2/c1-10-17-37(9,33(46)42-53(48,49)23-12-13-23)41-31(44)26-20-22(21-43(26)32(45)29(35(3,4)5)40-34(47)51-36(6,7)8)50-27-15-14-25-24(16-18-39-30(25)38)28(27)52-19-11-2/h10,14-16,18,22-23,26,29H,1,11-13,17,19-21H2,2-9H3,(H,40,47)(H,41,44)(H,42,46)/t22-,26-,29-,37+/m1/s1. The second-order valence-corrected chi connectivity index (χ2v) is 19.3. The molecular formula is C37H52ClN5O8S2. The summed E-state index contributed by atoms with van der Waals surface area (Å²) in [5.41, 5.74) is -3.37. The topological polar surface area (TPSA) is 173 Å². The van der Waals surface area contributed by atoms with Crippen molar-refractivity contribution in [1.29, 1.82) is 0 Å². The number of alkyl carbamates (subject to hydrolysis) is 1. The molecule has 4 amide bonds. The van der Waals surface area contributed by atoms with E-state index in [1.54, 1.807) is 65.6 Å². The zero-order valence-electron chi connectivity index (χ0n) is 31.7. The van der Waals surface area contributed by atoms with Crippen LogP contribution in [0.5, 0.6) is 5.75 Å². The van der Waals surface area contributed by atoms with Gasteiger partial charge in [0.15, 0.2) is 0 Å². The van der Waals surface area contributed by atoms with Crippen molar-refractivity contribution in [3.63, 3.8) is 0 Å². The molecule has 16 heteroatoms. The molecule has 0 radical (unpaired) electrons. The Morgan fingerprint density at radius 2 is 1.77 bits per heavy atom. The van der Waals surface area contributed by atoms with E-state index in [0.29, 0.717) is 23.7 Å². The highest BCUT2D eigenvalue weighted by atomic mass is 35.5. The van der Waals surface area contributed by atoms with Crippen LogP contribution in [0.1, 0.15) is 87.5 Å². The minimum atomic E-state index is -3.93. The summed E-state index contributed by atoms with van der Waals surface area (Å²) in [5.74, 6) is -0.841. The Balaban J connectivity index is 1.71. The van der Waals surface area contributed by atoms with Gasteiger partial charge in [-0.3, -0.25) is 19.1 Å². The number of nitrogens with one attached hydrogen (secondary N) is 3. The van der Waals surface area contributed by atoms with Gasteiger partial charge in [0.25, 0.3) is 5.91 Å². The molecule has 0 bridgehead atoms.